The van der Waals surface area contributed by atoms with Gasteiger partial charge in [-0.25, -0.2) is 4.98 Å². The number of rotatable bonds is 4. The van der Waals surface area contributed by atoms with Crippen LogP contribution in [0, 0.1) is 6.92 Å². The number of anilines is 1. The molecule has 0 aliphatic heterocycles. The lowest BCUT2D eigenvalue weighted by Crippen LogP contribution is -2.06. The Morgan fingerprint density at radius 3 is 2.80 bits per heavy atom. The van der Waals surface area contributed by atoms with E-state index in [-0.39, 0.29) is 0 Å². The summed E-state index contributed by atoms with van der Waals surface area (Å²) in [5.41, 5.74) is 8.69. The number of hydrogen-bond donors (Lipinski definition) is 1. The topological polar surface area (TPSA) is 52.5 Å². The van der Waals surface area contributed by atoms with E-state index in [2.05, 4.69) is 15.5 Å². The van der Waals surface area contributed by atoms with Crippen LogP contribution in [0.15, 0.2) is 48.7 Å². The smallest absolute Gasteiger partial charge is 0.142 e. The summed E-state index contributed by atoms with van der Waals surface area (Å²) in [6, 6.07) is 13.6. The molecule has 0 spiro atoms. The van der Waals surface area contributed by atoms with Crippen LogP contribution in [0.1, 0.15) is 11.5 Å². The maximum absolute atomic E-state index is 5.85. The van der Waals surface area contributed by atoms with Crippen LogP contribution in [0.5, 0.6) is 5.75 Å². The van der Waals surface area contributed by atoms with Gasteiger partial charge in [-0.05, 0) is 31.2 Å². The zero-order chi connectivity index (χ0) is 13.9. The molecule has 102 valence electrons. The third-order valence-corrected chi connectivity index (χ3v) is 3.31. The summed E-state index contributed by atoms with van der Waals surface area (Å²) in [6.07, 6.45) is 2.77. The summed E-state index contributed by atoms with van der Waals surface area (Å²) in [5, 5.41) is 0. The van der Waals surface area contributed by atoms with Crippen LogP contribution in [-0.2, 0) is 6.42 Å². The largest absolute Gasteiger partial charge is 0.491 e. The first kappa shape index (κ1) is 12.5. The van der Waals surface area contributed by atoms with E-state index in [0.29, 0.717) is 12.3 Å². The van der Waals surface area contributed by atoms with Crippen LogP contribution < -0.4 is 10.5 Å². The number of para-hydroxylation sites is 2. The molecule has 3 aromatic rings. The highest BCUT2D eigenvalue weighted by atomic mass is 16.5. The quantitative estimate of drug-likeness (QED) is 0.739. The van der Waals surface area contributed by atoms with Crippen molar-refractivity contribution >= 4 is 11.2 Å². The average molecular weight is 267 g/mol. The molecule has 0 atom stereocenters. The standard InChI is InChI=1S/C16H17N3O/c1-12-14-7-4-5-10-19(14)16(18-12)9-11-20-15-8-3-2-6-13(15)17/h2-8,10H,9,11,17H2,1H3. The molecule has 0 aliphatic carbocycles. The fourth-order valence-electron chi connectivity index (χ4n) is 2.31. The second kappa shape index (κ2) is 5.25. The van der Waals surface area contributed by atoms with Gasteiger partial charge in [-0.1, -0.05) is 18.2 Å². The summed E-state index contributed by atoms with van der Waals surface area (Å²) < 4.78 is 7.82. The molecule has 0 bridgehead atoms. The summed E-state index contributed by atoms with van der Waals surface area (Å²) >= 11 is 0. The number of pyridine rings is 1. The van der Waals surface area contributed by atoms with E-state index in [1.165, 1.54) is 0 Å². The van der Waals surface area contributed by atoms with Crippen molar-refractivity contribution in [1.29, 1.82) is 0 Å². The second-order valence-corrected chi connectivity index (χ2v) is 4.71. The number of aryl methyl sites for hydroxylation is 1. The fourth-order valence-corrected chi connectivity index (χ4v) is 2.31. The number of nitrogens with zero attached hydrogens (tertiary/aromatic N) is 2. The monoisotopic (exact) mass is 267 g/mol. The van der Waals surface area contributed by atoms with Gasteiger partial charge in [-0.2, -0.15) is 0 Å². The van der Waals surface area contributed by atoms with Crippen molar-refractivity contribution in [1.82, 2.24) is 9.38 Å². The number of ether oxygens (including phenoxy) is 1. The number of nitrogen functional groups attached to an aromatic ring is 1. The third-order valence-electron chi connectivity index (χ3n) is 3.31. The van der Waals surface area contributed by atoms with Crippen LogP contribution in [0.25, 0.3) is 5.52 Å². The average Bonchev–Trinajstić information content (AvgIpc) is 2.78. The van der Waals surface area contributed by atoms with Gasteiger partial charge in [0.25, 0.3) is 0 Å². The molecule has 2 N–H and O–H groups in total. The van der Waals surface area contributed by atoms with E-state index in [1.54, 1.807) is 0 Å². The van der Waals surface area contributed by atoms with Crippen LogP contribution in [0.3, 0.4) is 0 Å². The van der Waals surface area contributed by atoms with Crippen molar-refractivity contribution in [3.63, 3.8) is 0 Å². The highest BCUT2D eigenvalue weighted by Crippen LogP contribution is 2.20. The molecule has 4 heteroatoms. The van der Waals surface area contributed by atoms with Crippen molar-refractivity contribution in [3.8, 4) is 5.75 Å². The van der Waals surface area contributed by atoms with Gasteiger partial charge in [0.15, 0.2) is 0 Å². The molecule has 2 heterocycles. The van der Waals surface area contributed by atoms with Gasteiger partial charge >= 0.3 is 0 Å². The molecule has 0 aliphatic rings. The molecule has 0 unspecified atom stereocenters. The van der Waals surface area contributed by atoms with E-state index < -0.39 is 0 Å². The van der Waals surface area contributed by atoms with Crippen molar-refractivity contribution < 1.29 is 4.74 Å². The van der Waals surface area contributed by atoms with Gasteiger partial charge in [0, 0.05) is 12.6 Å². The molecule has 20 heavy (non-hydrogen) atoms. The SMILES string of the molecule is Cc1nc(CCOc2ccccc2N)n2ccccc12. The zero-order valence-electron chi connectivity index (χ0n) is 11.4. The van der Waals surface area contributed by atoms with E-state index in [4.69, 9.17) is 10.5 Å². The Morgan fingerprint density at radius 2 is 1.95 bits per heavy atom. The zero-order valence-corrected chi connectivity index (χ0v) is 11.4. The van der Waals surface area contributed by atoms with Gasteiger partial charge in [0.1, 0.15) is 11.6 Å². The predicted molar refractivity (Wildman–Crippen MR) is 80.0 cm³/mol. The summed E-state index contributed by atoms with van der Waals surface area (Å²) in [7, 11) is 0. The van der Waals surface area contributed by atoms with Crippen molar-refractivity contribution in [3.05, 3.63) is 60.2 Å². The number of aromatic nitrogens is 2. The Bertz CT molecular complexity index is 733. The summed E-state index contributed by atoms with van der Waals surface area (Å²) in [5.74, 6) is 1.73. The van der Waals surface area contributed by atoms with E-state index in [0.717, 1.165) is 29.2 Å². The van der Waals surface area contributed by atoms with Gasteiger partial charge in [-0.3, -0.25) is 0 Å². The summed E-state index contributed by atoms with van der Waals surface area (Å²) in [6.45, 7) is 2.58. The van der Waals surface area contributed by atoms with E-state index >= 15 is 0 Å². The number of nitrogens with two attached hydrogens (primary N) is 1. The Labute approximate surface area is 117 Å². The lowest BCUT2D eigenvalue weighted by molar-refractivity contribution is 0.320. The normalized spacial score (nSPS) is 10.8. The minimum atomic E-state index is 0.557. The van der Waals surface area contributed by atoms with E-state index in [9.17, 15) is 0 Å². The Balaban J connectivity index is 1.73. The number of imidazole rings is 1. The Hall–Kier alpha value is -2.49. The van der Waals surface area contributed by atoms with Crippen molar-refractivity contribution in [2.75, 3.05) is 12.3 Å². The minimum Gasteiger partial charge on any atom is -0.491 e. The van der Waals surface area contributed by atoms with Gasteiger partial charge in [-0.15, -0.1) is 0 Å². The maximum Gasteiger partial charge on any atom is 0.142 e. The van der Waals surface area contributed by atoms with Crippen LogP contribution >= 0.6 is 0 Å². The lowest BCUT2D eigenvalue weighted by Gasteiger charge is -2.08. The first-order valence-corrected chi connectivity index (χ1v) is 6.65. The molecule has 3 rings (SSSR count). The van der Waals surface area contributed by atoms with Crippen molar-refractivity contribution in [2.24, 2.45) is 0 Å². The first-order chi connectivity index (χ1) is 9.75. The molecule has 0 saturated carbocycles. The molecule has 0 fully saturated rings. The van der Waals surface area contributed by atoms with Gasteiger partial charge in [0.2, 0.25) is 0 Å². The molecular weight excluding hydrogens is 250 g/mol. The molecule has 1 aromatic carbocycles. The number of fused-ring (bicyclic) bond motifs is 1. The van der Waals surface area contributed by atoms with Gasteiger partial charge < -0.3 is 14.9 Å². The minimum absolute atomic E-state index is 0.557. The maximum atomic E-state index is 5.85. The van der Waals surface area contributed by atoms with Crippen molar-refractivity contribution in [2.45, 2.75) is 13.3 Å². The first-order valence-electron chi connectivity index (χ1n) is 6.65. The van der Waals surface area contributed by atoms with E-state index in [1.807, 2.05) is 49.5 Å². The molecule has 4 nitrogen and oxygen atoms in total. The molecule has 2 aromatic heterocycles. The predicted octanol–water partition coefficient (Wildman–Crippen LogP) is 2.85. The van der Waals surface area contributed by atoms with Crippen LogP contribution in [0.2, 0.25) is 0 Å². The molecular formula is C16H17N3O. The highest BCUT2D eigenvalue weighted by molar-refractivity contribution is 5.53. The lowest BCUT2D eigenvalue weighted by atomic mass is 10.3. The number of hydrogen-bond acceptors (Lipinski definition) is 3. The number of benzene rings is 1. The Kier molecular flexibility index (Phi) is 3.29. The molecule has 0 saturated heterocycles. The van der Waals surface area contributed by atoms with Gasteiger partial charge in [0.05, 0.1) is 23.5 Å². The summed E-state index contributed by atoms with van der Waals surface area (Å²) in [4.78, 5) is 4.60. The molecule has 0 amide bonds. The highest BCUT2D eigenvalue weighted by Gasteiger charge is 2.07. The third kappa shape index (κ3) is 2.32. The Morgan fingerprint density at radius 1 is 1.15 bits per heavy atom. The van der Waals surface area contributed by atoms with Crippen LogP contribution in [-0.4, -0.2) is 16.0 Å². The van der Waals surface area contributed by atoms with Crippen LogP contribution in [0.4, 0.5) is 5.69 Å². The second-order valence-electron chi connectivity index (χ2n) is 4.71. The molecule has 0 radical (unpaired) electrons. The fraction of sp³-hybridized carbons (Fsp3) is 0.188.